The summed E-state index contributed by atoms with van der Waals surface area (Å²) >= 11 is 0. The molecule has 1 aliphatic heterocycles. The molecule has 2 aromatic carbocycles. The number of alkyl halides is 3. The van der Waals surface area contributed by atoms with E-state index in [1.807, 2.05) is 6.07 Å². The molecule has 2 aliphatic rings. The number of aryl methyl sites for hydroxylation is 1. The maximum absolute atomic E-state index is 14.3. The normalized spacial score (nSPS) is 17.8. The van der Waals surface area contributed by atoms with E-state index in [1.54, 1.807) is 39.0 Å². The Morgan fingerprint density at radius 2 is 1.79 bits per heavy atom. The quantitative estimate of drug-likeness (QED) is 0.492. The van der Waals surface area contributed by atoms with E-state index in [0.29, 0.717) is 17.7 Å². The SMILES string of the molecule is CC(C)(C)OC(C(=O)O)c1c(C(F)(F)F)ccc(C2CCCC2)c1-c1ccc2c(c1)CCCO2. The molecule has 0 bridgehead atoms. The van der Waals surface area contributed by atoms with Crippen molar-refractivity contribution in [3.8, 4) is 16.9 Å². The zero-order chi connectivity index (χ0) is 24.7. The number of ether oxygens (including phenoxy) is 2. The van der Waals surface area contributed by atoms with Crippen molar-refractivity contribution in [2.24, 2.45) is 0 Å². The van der Waals surface area contributed by atoms with E-state index in [1.165, 1.54) is 0 Å². The summed E-state index contributed by atoms with van der Waals surface area (Å²) in [6, 6.07) is 7.98. The summed E-state index contributed by atoms with van der Waals surface area (Å²) in [7, 11) is 0. The van der Waals surface area contributed by atoms with Crippen molar-refractivity contribution in [1.82, 2.24) is 0 Å². The van der Waals surface area contributed by atoms with Crippen molar-refractivity contribution in [3.05, 3.63) is 52.6 Å². The van der Waals surface area contributed by atoms with Crippen molar-refractivity contribution in [3.63, 3.8) is 0 Å². The molecule has 2 aromatic rings. The number of carboxylic acid groups (broad SMARTS) is 1. The zero-order valence-electron chi connectivity index (χ0n) is 19.8. The van der Waals surface area contributed by atoms with Crippen molar-refractivity contribution >= 4 is 5.97 Å². The molecule has 0 saturated heterocycles. The number of fused-ring (bicyclic) bond motifs is 1. The van der Waals surface area contributed by atoms with Crippen LogP contribution in [0.4, 0.5) is 13.2 Å². The van der Waals surface area contributed by atoms with Gasteiger partial charge in [0, 0.05) is 5.56 Å². The summed E-state index contributed by atoms with van der Waals surface area (Å²) in [6.45, 7) is 5.54. The molecule has 4 rings (SSSR count). The highest BCUT2D eigenvalue weighted by Gasteiger charge is 2.42. The molecule has 7 heteroatoms. The number of benzene rings is 2. The largest absolute Gasteiger partial charge is 0.493 e. The fraction of sp³-hybridized carbons (Fsp3) is 0.519. The topological polar surface area (TPSA) is 55.8 Å². The molecule has 1 fully saturated rings. The van der Waals surface area contributed by atoms with E-state index in [4.69, 9.17) is 9.47 Å². The molecule has 1 atom stereocenters. The Hall–Kier alpha value is -2.54. The Labute approximate surface area is 198 Å². The maximum Gasteiger partial charge on any atom is 0.416 e. The molecule has 34 heavy (non-hydrogen) atoms. The van der Waals surface area contributed by atoms with Crippen LogP contribution in [0.2, 0.25) is 0 Å². The van der Waals surface area contributed by atoms with Crippen molar-refractivity contribution in [2.75, 3.05) is 6.61 Å². The third-order valence-electron chi connectivity index (χ3n) is 6.53. The monoisotopic (exact) mass is 476 g/mol. The van der Waals surface area contributed by atoms with E-state index >= 15 is 0 Å². The average Bonchev–Trinajstić information content (AvgIpc) is 3.29. The second-order valence-corrected chi connectivity index (χ2v) is 10.2. The van der Waals surface area contributed by atoms with Gasteiger partial charge in [-0.25, -0.2) is 4.79 Å². The van der Waals surface area contributed by atoms with Gasteiger partial charge in [0.1, 0.15) is 5.75 Å². The number of carboxylic acids is 1. The maximum atomic E-state index is 14.3. The van der Waals surface area contributed by atoms with Crippen LogP contribution in [0.5, 0.6) is 5.75 Å². The third-order valence-corrected chi connectivity index (χ3v) is 6.53. The lowest BCUT2D eigenvalue weighted by atomic mass is 9.81. The van der Waals surface area contributed by atoms with Gasteiger partial charge in [0.15, 0.2) is 6.10 Å². The van der Waals surface area contributed by atoms with Crippen molar-refractivity contribution in [2.45, 2.75) is 83.1 Å². The Balaban J connectivity index is 2.03. The minimum absolute atomic E-state index is 0.0763. The molecule has 184 valence electrons. The third kappa shape index (κ3) is 5.09. The highest BCUT2D eigenvalue weighted by Crippen LogP contribution is 2.48. The Bertz CT molecular complexity index is 1060. The van der Waals surface area contributed by atoms with Crippen LogP contribution in [-0.2, 0) is 22.1 Å². The van der Waals surface area contributed by atoms with Crippen molar-refractivity contribution in [1.29, 1.82) is 0 Å². The van der Waals surface area contributed by atoms with E-state index in [2.05, 4.69) is 0 Å². The second kappa shape index (κ2) is 9.25. The van der Waals surface area contributed by atoms with Gasteiger partial charge >= 0.3 is 12.1 Å². The molecule has 1 aliphatic carbocycles. The minimum atomic E-state index is -4.73. The molecule has 0 amide bonds. The Morgan fingerprint density at radius 1 is 1.09 bits per heavy atom. The van der Waals surface area contributed by atoms with E-state index < -0.39 is 29.4 Å². The summed E-state index contributed by atoms with van der Waals surface area (Å²) in [6.07, 6.45) is -1.18. The van der Waals surface area contributed by atoms with E-state index in [0.717, 1.165) is 61.5 Å². The van der Waals surface area contributed by atoms with Gasteiger partial charge < -0.3 is 14.6 Å². The number of rotatable bonds is 5. The number of hydrogen-bond donors (Lipinski definition) is 1. The lowest BCUT2D eigenvalue weighted by Gasteiger charge is -2.31. The lowest BCUT2D eigenvalue weighted by Crippen LogP contribution is -2.30. The van der Waals surface area contributed by atoms with Crippen LogP contribution >= 0.6 is 0 Å². The van der Waals surface area contributed by atoms with Crippen LogP contribution in [-0.4, -0.2) is 23.3 Å². The molecule has 1 heterocycles. The predicted molar refractivity (Wildman–Crippen MR) is 123 cm³/mol. The highest BCUT2D eigenvalue weighted by atomic mass is 19.4. The van der Waals surface area contributed by atoms with Crippen molar-refractivity contribution < 1.29 is 32.5 Å². The van der Waals surface area contributed by atoms with Crippen LogP contribution < -0.4 is 4.74 Å². The van der Waals surface area contributed by atoms with Gasteiger partial charge in [-0.3, -0.25) is 0 Å². The van der Waals surface area contributed by atoms with Crippen LogP contribution in [0.1, 0.15) is 87.2 Å². The molecule has 1 saturated carbocycles. The molecular formula is C27H31F3O4. The van der Waals surface area contributed by atoms with Crippen LogP contribution in [0.25, 0.3) is 11.1 Å². The molecule has 1 unspecified atom stereocenters. The van der Waals surface area contributed by atoms with Gasteiger partial charge in [0.2, 0.25) is 0 Å². The lowest BCUT2D eigenvalue weighted by molar-refractivity contribution is -0.163. The van der Waals surface area contributed by atoms with Gasteiger partial charge in [0.25, 0.3) is 0 Å². The molecular weight excluding hydrogens is 445 g/mol. The van der Waals surface area contributed by atoms with E-state index in [9.17, 15) is 23.1 Å². The summed E-state index contributed by atoms with van der Waals surface area (Å²) in [5, 5.41) is 10.1. The predicted octanol–water partition coefficient (Wildman–Crippen LogP) is 7.30. The molecule has 0 spiro atoms. The first kappa shape index (κ1) is 24.6. The first-order valence-electron chi connectivity index (χ1n) is 11.9. The standard InChI is InChI=1S/C27H31F3O4/c1-26(2,3)34-24(25(31)32)23-20(27(28,29)30)12-11-19(16-7-4-5-8-16)22(23)18-10-13-21-17(15-18)9-6-14-33-21/h10-13,15-16,24H,4-9,14H2,1-3H3,(H,31,32). The van der Waals surface area contributed by atoms with Gasteiger partial charge in [-0.05, 0) is 92.8 Å². The number of aliphatic carboxylic acids is 1. The summed E-state index contributed by atoms with van der Waals surface area (Å²) in [5.74, 6) is -0.634. The summed E-state index contributed by atoms with van der Waals surface area (Å²) < 4.78 is 54.4. The number of carbonyl (C=O) groups is 1. The Kier molecular flexibility index (Phi) is 6.69. The molecule has 1 N–H and O–H groups in total. The highest BCUT2D eigenvalue weighted by molar-refractivity contribution is 5.83. The average molecular weight is 477 g/mol. The van der Waals surface area contributed by atoms with Gasteiger partial charge in [-0.2, -0.15) is 13.2 Å². The fourth-order valence-corrected chi connectivity index (χ4v) is 5.16. The minimum Gasteiger partial charge on any atom is -0.493 e. The summed E-state index contributed by atoms with van der Waals surface area (Å²) in [4.78, 5) is 12.4. The van der Waals surface area contributed by atoms with Gasteiger partial charge in [-0.15, -0.1) is 0 Å². The second-order valence-electron chi connectivity index (χ2n) is 10.2. The number of hydrogen-bond acceptors (Lipinski definition) is 3. The van der Waals surface area contributed by atoms with Gasteiger partial charge in [-0.1, -0.05) is 25.0 Å². The van der Waals surface area contributed by atoms with Crippen LogP contribution in [0.15, 0.2) is 30.3 Å². The van der Waals surface area contributed by atoms with Crippen LogP contribution in [0, 0.1) is 0 Å². The zero-order valence-corrected chi connectivity index (χ0v) is 19.8. The first-order chi connectivity index (χ1) is 16.0. The number of halogens is 3. The van der Waals surface area contributed by atoms with Crippen LogP contribution in [0.3, 0.4) is 0 Å². The van der Waals surface area contributed by atoms with E-state index in [-0.39, 0.29) is 11.5 Å². The Morgan fingerprint density at radius 3 is 2.41 bits per heavy atom. The molecule has 0 aromatic heterocycles. The summed E-state index contributed by atoms with van der Waals surface area (Å²) in [5.41, 5.74) is 0.374. The molecule has 0 radical (unpaired) electrons. The first-order valence-corrected chi connectivity index (χ1v) is 11.9. The van der Waals surface area contributed by atoms with Gasteiger partial charge in [0.05, 0.1) is 17.8 Å². The molecule has 4 nitrogen and oxygen atoms in total. The fourth-order valence-electron chi connectivity index (χ4n) is 5.16. The smallest absolute Gasteiger partial charge is 0.416 e.